The molecule has 1 rings (SSSR count). The molecule has 0 aromatic carbocycles. The van der Waals surface area contributed by atoms with E-state index in [9.17, 15) is 4.79 Å². The lowest BCUT2D eigenvalue weighted by atomic mass is 10.2. The zero-order valence-electron chi connectivity index (χ0n) is 13.6. The van der Waals surface area contributed by atoms with E-state index >= 15 is 0 Å². The van der Waals surface area contributed by atoms with Crippen LogP contribution < -0.4 is 0 Å². The number of amides is 1. The maximum Gasteiger partial charge on any atom is 0.410 e. The molecule has 0 bridgehead atoms. The van der Waals surface area contributed by atoms with Gasteiger partial charge in [0.05, 0.1) is 0 Å². The Hall–Kier alpha value is -0.810. The standard InChI is InChI=1S/C15H30N2O3/c1-13-12-16(9-7-11-19-5)8-6-10-17(13)14(18)20-15(2,3)4/h13H,6-12H2,1-5H3/t13-/m0/s1. The van der Waals surface area contributed by atoms with Gasteiger partial charge in [0.25, 0.3) is 0 Å². The Kier molecular flexibility index (Phi) is 6.76. The normalized spacial score (nSPS) is 21.6. The Bertz CT molecular complexity index is 302. The first kappa shape index (κ1) is 17.2. The molecule has 0 aromatic rings. The molecule has 118 valence electrons. The van der Waals surface area contributed by atoms with Crippen LogP contribution in [0.2, 0.25) is 0 Å². The van der Waals surface area contributed by atoms with Crippen molar-refractivity contribution in [3.63, 3.8) is 0 Å². The molecule has 0 radical (unpaired) electrons. The summed E-state index contributed by atoms with van der Waals surface area (Å²) in [5, 5.41) is 0. The average molecular weight is 286 g/mol. The van der Waals surface area contributed by atoms with E-state index in [0.717, 1.165) is 45.6 Å². The summed E-state index contributed by atoms with van der Waals surface area (Å²) in [7, 11) is 1.73. The second-order valence-corrected chi connectivity index (χ2v) is 6.52. The lowest BCUT2D eigenvalue weighted by Gasteiger charge is -2.31. The van der Waals surface area contributed by atoms with Gasteiger partial charge in [-0.25, -0.2) is 4.79 Å². The van der Waals surface area contributed by atoms with Gasteiger partial charge in [0.15, 0.2) is 0 Å². The SMILES string of the molecule is COCCCN1CCCN(C(=O)OC(C)(C)C)[C@@H](C)C1. The van der Waals surface area contributed by atoms with Crippen molar-refractivity contribution in [3.8, 4) is 0 Å². The number of nitrogens with zero attached hydrogens (tertiary/aromatic N) is 2. The minimum atomic E-state index is -0.429. The molecule has 0 spiro atoms. The van der Waals surface area contributed by atoms with Crippen LogP contribution in [0, 0.1) is 0 Å². The summed E-state index contributed by atoms with van der Waals surface area (Å²) < 4.78 is 10.6. The van der Waals surface area contributed by atoms with E-state index in [1.807, 2.05) is 25.7 Å². The summed E-state index contributed by atoms with van der Waals surface area (Å²) in [6.45, 7) is 12.4. The van der Waals surface area contributed by atoms with Crippen LogP contribution in [0.15, 0.2) is 0 Å². The fourth-order valence-corrected chi connectivity index (χ4v) is 2.48. The number of hydrogen-bond acceptors (Lipinski definition) is 4. The first-order valence-corrected chi connectivity index (χ1v) is 7.54. The van der Waals surface area contributed by atoms with Gasteiger partial charge in [-0.3, -0.25) is 0 Å². The Morgan fingerprint density at radius 2 is 2.00 bits per heavy atom. The van der Waals surface area contributed by atoms with Crippen molar-refractivity contribution in [3.05, 3.63) is 0 Å². The van der Waals surface area contributed by atoms with E-state index in [2.05, 4.69) is 11.8 Å². The second kappa shape index (κ2) is 7.84. The van der Waals surface area contributed by atoms with Crippen LogP contribution in [0.1, 0.15) is 40.5 Å². The first-order chi connectivity index (χ1) is 9.33. The summed E-state index contributed by atoms with van der Waals surface area (Å²) in [6, 6.07) is 0.190. The highest BCUT2D eigenvalue weighted by molar-refractivity contribution is 5.68. The Morgan fingerprint density at radius 1 is 1.30 bits per heavy atom. The van der Waals surface area contributed by atoms with Crippen LogP contribution in [0.3, 0.4) is 0 Å². The van der Waals surface area contributed by atoms with Crippen molar-refractivity contribution in [2.75, 3.05) is 39.9 Å². The van der Waals surface area contributed by atoms with Gasteiger partial charge in [-0.2, -0.15) is 0 Å². The molecule has 0 aromatic heterocycles. The lowest BCUT2D eigenvalue weighted by Crippen LogP contribution is -2.45. The second-order valence-electron chi connectivity index (χ2n) is 6.52. The Labute approximate surface area is 123 Å². The van der Waals surface area contributed by atoms with Crippen molar-refractivity contribution >= 4 is 6.09 Å². The van der Waals surface area contributed by atoms with Gasteiger partial charge < -0.3 is 19.3 Å². The van der Waals surface area contributed by atoms with Crippen LogP contribution in [-0.2, 0) is 9.47 Å². The van der Waals surface area contributed by atoms with Gasteiger partial charge in [-0.1, -0.05) is 0 Å². The topological polar surface area (TPSA) is 42.0 Å². The quantitative estimate of drug-likeness (QED) is 0.744. The van der Waals surface area contributed by atoms with Gasteiger partial charge in [-0.05, 0) is 47.1 Å². The van der Waals surface area contributed by atoms with E-state index in [0.29, 0.717) is 0 Å². The smallest absolute Gasteiger partial charge is 0.410 e. The van der Waals surface area contributed by atoms with Crippen LogP contribution in [0.25, 0.3) is 0 Å². The number of rotatable bonds is 4. The summed E-state index contributed by atoms with van der Waals surface area (Å²) >= 11 is 0. The maximum atomic E-state index is 12.2. The highest BCUT2D eigenvalue weighted by atomic mass is 16.6. The summed E-state index contributed by atoms with van der Waals surface area (Å²) in [4.78, 5) is 16.5. The highest BCUT2D eigenvalue weighted by Crippen LogP contribution is 2.15. The van der Waals surface area contributed by atoms with E-state index < -0.39 is 5.60 Å². The molecule has 20 heavy (non-hydrogen) atoms. The predicted octanol–water partition coefficient (Wildman–Crippen LogP) is 2.35. The molecule has 0 saturated carbocycles. The Balaban J connectivity index is 2.49. The molecule has 5 nitrogen and oxygen atoms in total. The molecule has 0 unspecified atom stereocenters. The van der Waals surface area contributed by atoms with E-state index in [4.69, 9.17) is 9.47 Å². The predicted molar refractivity (Wildman–Crippen MR) is 80.0 cm³/mol. The minimum absolute atomic E-state index is 0.190. The number of carbonyl (C=O) groups is 1. The Morgan fingerprint density at radius 3 is 2.60 bits per heavy atom. The zero-order valence-corrected chi connectivity index (χ0v) is 13.6. The fourth-order valence-electron chi connectivity index (χ4n) is 2.48. The largest absolute Gasteiger partial charge is 0.444 e. The summed E-state index contributed by atoms with van der Waals surface area (Å²) in [5.41, 5.74) is -0.429. The van der Waals surface area contributed by atoms with E-state index in [1.54, 1.807) is 7.11 Å². The maximum absolute atomic E-state index is 12.2. The van der Waals surface area contributed by atoms with Crippen LogP contribution in [-0.4, -0.2) is 67.4 Å². The monoisotopic (exact) mass is 286 g/mol. The molecule has 1 heterocycles. The molecule has 0 aliphatic carbocycles. The number of ether oxygens (including phenoxy) is 2. The third-order valence-corrected chi connectivity index (χ3v) is 3.38. The molecular weight excluding hydrogens is 256 g/mol. The first-order valence-electron chi connectivity index (χ1n) is 7.54. The molecule has 1 saturated heterocycles. The summed E-state index contributed by atoms with van der Waals surface area (Å²) in [6.07, 6.45) is 1.84. The lowest BCUT2D eigenvalue weighted by molar-refractivity contribution is 0.0179. The number of methoxy groups -OCH3 is 1. The van der Waals surface area contributed by atoms with Crippen LogP contribution >= 0.6 is 0 Å². The van der Waals surface area contributed by atoms with Gasteiger partial charge in [0.2, 0.25) is 0 Å². The molecule has 5 heteroatoms. The molecule has 1 atom stereocenters. The third-order valence-electron chi connectivity index (χ3n) is 3.38. The number of hydrogen-bond donors (Lipinski definition) is 0. The third kappa shape index (κ3) is 6.09. The van der Waals surface area contributed by atoms with Crippen molar-refractivity contribution < 1.29 is 14.3 Å². The molecule has 1 amide bonds. The van der Waals surface area contributed by atoms with Crippen molar-refractivity contribution in [2.45, 2.75) is 52.2 Å². The molecular formula is C15H30N2O3. The average Bonchev–Trinajstić information content (AvgIpc) is 2.49. The van der Waals surface area contributed by atoms with Crippen molar-refractivity contribution in [1.82, 2.24) is 9.80 Å². The van der Waals surface area contributed by atoms with Crippen molar-refractivity contribution in [1.29, 1.82) is 0 Å². The molecule has 1 aliphatic heterocycles. The fraction of sp³-hybridized carbons (Fsp3) is 0.933. The molecule has 0 N–H and O–H groups in total. The van der Waals surface area contributed by atoms with Gasteiger partial charge in [-0.15, -0.1) is 0 Å². The molecule has 1 aliphatic rings. The number of carbonyl (C=O) groups excluding carboxylic acids is 1. The summed E-state index contributed by atoms with van der Waals surface area (Å²) in [5.74, 6) is 0. The van der Waals surface area contributed by atoms with Crippen molar-refractivity contribution in [2.24, 2.45) is 0 Å². The van der Waals surface area contributed by atoms with Crippen LogP contribution in [0.4, 0.5) is 4.79 Å². The van der Waals surface area contributed by atoms with Gasteiger partial charge >= 0.3 is 6.09 Å². The molecule has 1 fully saturated rings. The van der Waals surface area contributed by atoms with E-state index in [-0.39, 0.29) is 12.1 Å². The van der Waals surface area contributed by atoms with Gasteiger partial charge in [0, 0.05) is 39.4 Å². The highest BCUT2D eigenvalue weighted by Gasteiger charge is 2.28. The zero-order chi connectivity index (χ0) is 15.2. The van der Waals surface area contributed by atoms with Crippen LogP contribution in [0.5, 0.6) is 0 Å². The van der Waals surface area contributed by atoms with E-state index in [1.165, 1.54) is 0 Å². The minimum Gasteiger partial charge on any atom is -0.444 e. The van der Waals surface area contributed by atoms with Gasteiger partial charge in [0.1, 0.15) is 5.60 Å².